The molecule has 2 aromatic rings. The van der Waals surface area contributed by atoms with Gasteiger partial charge >= 0.3 is 5.97 Å². The number of hydrogen-bond acceptors (Lipinski definition) is 4. The number of pyridine rings is 1. The van der Waals surface area contributed by atoms with Crippen molar-refractivity contribution >= 4 is 29.3 Å². The highest BCUT2D eigenvalue weighted by Crippen LogP contribution is 2.22. The largest absolute Gasteiger partial charge is 0.507 e. The van der Waals surface area contributed by atoms with E-state index in [1.54, 1.807) is 0 Å². The molecule has 6 nitrogen and oxygen atoms in total. The standard InChI is InChI=1S/C13H9ClN2O4/c14-8-2-3-9(10(17)5-8)12(18)16-11-4-1-7(6-15-11)13(19)20/h1-6,17H,(H,19,20)(H,15,16,18). The number of aromatic hydroxyl groups is 1. The van der Waals surface area contributed by atoms with Gasteiger partial charge in [-0.15, -0.1) is 0 Å². The van der Waals surface area contributed by atoms with Crippen molar-refractivity contribution in [3.63, 3.8) is 0 Å². The number of nitrogens with one attached hydrogen (secondary N) is 1. The minimum Gasteiger partial charge on any atom is -0.507 e. The van der Waals surface area contributed by atoms with Crippen molar-refractivity contribution in [3.8, 4) is 5.75 Å². The summed E-state index contributed by atoms with van der Waals surface area (Å²) >= 11 is 5.67. The monoisotopic (exact) mass is 292 g/mol. The molecule has 0 atom stereocenters. The molecule has 1 aromatic carbocycles. The first-order valence-corrected chi connectivity index (χ1v) is 5.84. The summed E-state index contributed by atoms with van der Waals surface area (Å²) in [5.74, 6) is -1.76. The highest BCUT2D eigenvalue weighted by molar-refractivity contribution is 6.30. The van der Waals surface area contributed by atoms with Crippen molar-refractivity contribution in [3.05, 3.63) is 52.7 Å². The van der Waals surface area contributed by atoms with Crippen LogP contribution in [0.25, 0.3) is 0 Å². The Morgan fingerprint density at radius 2 is 1.95 bits per heavy atom. The third kappa shape index (κ3) is 3.04. The number of rotatable bonds is 3. The van der Waals surface area contributed by atoms with Gasteiger partial charge in [-0.2, -0.15) is 0 Å². The number of carbonyl (C=O) groups excluding carboxylic acids is 1. The van der Waals surface area contributed by atoms with Crippen LogP contribution in [0.1, 0.15) is 20.7 Å². The molecule has 0 aliphatic carbocycles. The zero-order valence-electron chi connectivity index (χ0n) is 10.0. The first-order valence-electron chi connectivity index (χ1n) is 5.46. The number of anilines is 1. The van der Waals surface area contributed by atoms with Gasteiger partial charge in [-0.25, -0.2) is 9.78 Å². The Kier molecular flexibility index (Phi) is 3.86. The zero-order valence-corrected chi connectivity index (χ0v) is 10.8. The van der Waals surface area contributed by atoms with Gasteiger partial charge in [0.05, 0.1) is 11.1 Å². The number of halogens is 1. The quantitative estimate of drug-likeness (QED) is 0.806. The summed E-state index contributed by atoms with van der Waals surface area (Å²) in [6.45, 7) is 0. The first-order chi connectivity index (χ1) is 9.47. The molecule has 102 valence electrons. The van der Waals surface area contributed by atoms with Crippen molar-refractivity contribution in [1.29, 1.82) is 0 Å². The van der Waals surface area contributed by atoms with E-state index in [1.165, 1.54) is 30.3 Å². The Bertz CT molecular complexity index is 671. The smallest absolute Gasteiger partial charge is 0.337 e. The Morgan fingerprint density at radius 3 is 2.50 bits per heavy atom. The molecule has 1 amide bonds. The van der Waals surface area contributed by atoms with Crippen LogP contribution in [0.2, 0.25) is 5.02 Å². The van der Waals surface area contributed by atoms with Gasteiger partial charge in [-0.05, 0) is 30.3 Å². The molecule has 0 bridgehead atoms. The van der Waals surface area contributed by atoms with Crippen LogP contribution in [0.3, 0.4) is 0 Å². The van der Waals surface area contributed by atoms with Crippen molar-refractivity contribution in [2.75, 3.05) is 5.32 Å². The van der Waals surface area contributed by atoms with Crippen LogP contribution in [0.5, 0.6) is 5.75 Å². The molecular formula is C13H9ClN2O4. The fourth-order valence-electron chi connectivity index (χ4n) is 1.47. The summed E-state index contributed by atoms with van der Waals surface area (Å²) in [7, 11) is 0. The molecular weight excluding hydrogens is 284 g/mol. The number of nitrogens with zero attached hydrogens (tertiary/aromatic N) is 1. The second-order valence-electron chi connectivity index (χ2n) is 3.85. The number of aromatic nitrogens is 1. The predicted molar refractivity (Wildman–Crippen MR) is 72.3 cm³/mol. The Labute approximate surface area is 118 Å². The van der Waals surface area contributed by atoms with E-state index < -0.39 is 11.9 Å². The maximum Gasteiger partial charge on any atom is 0.337 e. The van der Waals surface area contributed by atoms with Crippen LogP contribution in [0.15, 0.2) is 36.5 Å². The van der Waals surface area contributed by atoms with Gasteiger partial charge in [0.1, 0.15) is 11.6 Å². The molecule has 0 saturated heterocycles. The molecule has 2 rings (SSSR count). The summed E-state index contributed by atoms with van der Waals surface area (Å²) in [6, 6.07) is 6.76. The molecule has 0 saturated carbocycles. The van der Waals surface area contributed by atoms with E-state index >= 15 is 0 Å². The third-order valence-electron chi connectivity index (χ3n) is 2.46. The van der Waals surface area contributed by atoms with E-state index in [9.17, 15) is 14.7 Å². The summed E-state index contributed by atoms with van der Waals surface area (Å²) in [5.41, 5.74) is 0.0517. The maximum absolute atomic E-state index is 11.9. The van der Waals surface area contributed by atoms with Crippen LogP contribution in [-0.2, 0) is 0 Å². The van der Waals surface area contributed by atoms with E-state index in [0.717, 1.165) is 6.20 Å². The highest BCUT2D eigenvalue weighted by Gasteiger charge is 2.12. The molecule has 1 aromatic heterocycles. The molecule has 0 radical (unpaired) electrons. The molecule has 0 aliphatic heterocycles. The van der Waals surface area contributed by atoms with E-state index in [-0.39, 0.29) is 22.7 Å². The molecule has 0 spiro atoms. The number of phenolic OH excluding ortho intramolecular Hbond substituents is 1. The van der Waals surface area contributed by atoms with Gasteiger partial charge in [0, 0.05) is 11.2 Å². The van der Waals surface area contributed by atoms with Crippen molar-refractivity contribution in [2.24, 2.45) is 0 Å². The van der Waals surface area contributed by atoms with Gasteiger partial charge < -0.3 is 15.5 Å². The SMILES string of the molecule is O=C(O)c1ccc(NC(=O)c2ccc(Cl)cc2O)nc1. The van der Waals surface area contributed by atoms with Crippen LogP contribution in [-0.4, -0.2) is 27.1 Å². The minimum absolute atomic E-state index is 0.0114. The average Bonchev–Trinajstić information content (AvgIpc) is 2.39. The van der Waals surface area contributed by atoms with E-state index in [0.29, 0.717) is 5.02 Å². The molecule has 1 heterocycles. The van der Waals surface area contributed by atoms with Gasteiger partial charge in [0.25, 0.3) is 5.91 Å². The van der Waals surface area contributed by atoms with Gasteiger partial charge in [-0.1, -0.05) is 11.6 Å². The van der Waals surface area contributed by atoms with E-state index in [2.05, 4.69) is 10.3 Å². The fourth-order valence-corrected chi connectivity index (χ4v) is 1.64. The Morgan fingerprint density at radius 1 is 1.20 bits per heavy atom. The lowest BCUT2D eigenvalue weighted by Crippen LogP contribution is -2.13. The summed E-state index contributed by atoms with van der Waals surface area (Å²) in [4.78, 5) is 26.3. The lowest BCUT2D eigenvalue weighted by molar-refractivity contribution is 0.0696. The maximum atomic E-state index is 11.9. The highest BCUT2D eigenvalue weighted by atomic mass is 35.5. The summed E-state index contributed by atoms with van der Waals surface area (Å²) in [5, 5.41) is 21.1. The Balaban J connectivity index is 2.17. The summed E-state index contributed by atoms with van der Waals surface area (Å²) in [6.07, 6.45) is 1.12. The van der Waals surface area contributed by atoms with Crippen LogP contribution >= 0.6 is 11.6 Å². The van der Waals surface area contributed by atoms with E-state index in [4.69, 9.17) is 16.7 Å². The van der Waals surface area contributed by atoms with Gasteiger partial charge in [0.2, 0.25) is 0 Å². The number of hydrogen-bond donors (Lipinski definition) is 3. The lowest BCUT2D eigenvalue weighted by Gasteiger charge is -2.06. The molecule has 0 fully saturated rings. The predicted octanol–water partition coefficient (Wildman–Crippen LogP) is 2.39. The molecule has 7 heteroatoms. The first kappa shape index (κ1) is 13.8. The number of amides is 1. The number of carboxylic acids is 1. The average molecular weight is 293 g/mol. The lowest BCUT2D eigenvalue weighted by atomic mass is 10.2. The number of carboxylic acid groups (broad SMARTS) is 1. The number of carbonyl (C=O) groups is 2. The second kappa shape index (κ2) is 5.58. The third-order valence-corrected chi connectivity index (χ3v) is 2.69. The van der Waals surface area contributed by atoms with Crippen LogP contribution in [0.4, 0.5) is 5.82 Å². The minimum atomic E-state index is -1.11. The molecule has 3 N–H and O–H groups in total. The molecule has 0 aliphatic rings. The van der Waals surface area contributed by atoms with E-state index in [1.807, 2.05) is 0 Å². The number of benzene rings is 1. The van der Waals surface area contributed by atoms with Crippen molar-refractivity contribution in [1.82, 2.24) is 4.98 Å². The molecule has 20 heavy (non-hydrogen) atoms. The Hall–Kier alpha value is -2.60. The number of aromatic carboxylic acids is 1. The van der Waals surface area contributed by atoms with Gasteiger partial charge in [0.15, 0.2) is 0 Å². The van der Waals surface area contributed by atoms with Gasteiger partial charge in [-0.3, -0.25) is 4.79 Å². The zero-order chi connectivity index (χ0) is 14.7. The topological polar surface area (TPSA) is 99.5 Å². The van der Waals surface area contributed by atoms with Crippen molar-refractivity contribution in [2.45, 2.75) is 0 Å². The number of phenols is 1. The molecule has 0 unspecified atom stereocenters. The second-order valence-corrected chi connectivity index (χ2v) is 4.29. The van der Waals surface area contributed by atoms with Crippen LogP contribution in [0, 0.1) is 0 Å². The van der Waals surface area contributed by atoms with Crippen LogP contribution < -0.4 is 5.32 Å². The fraction of sp³-hybridized carbons (Fsp3) is 0. The normalized spacial score (nSPS) is 10.1. The summed E-state index contributed by atoms with van der Waals surface area (Å²) < 4.78 is 0. The van der Waals surface area contributed by atoms with Crippen molar-refractivity contribution < 1.29 is 19.8 Å².